The molecule has 0 spiro atoms. The number of hydrogen-bond donors (Lipinski definition) is 1. The molecule has 0 saturated carbocycles. The average molecular weight is 374 g/mol. The SMILES string of the molecule is CCn1c(C)cc(=O)c2cc(C(=O)Nc3ccccc3C(F)(F)F)ccc21. The van der Waals surface area contributed by atoms with Crippen LogP contribution in [-0.4, -0.2) is 10.5 Å². The molecule has 0 saturated heterocycles. The average Bonchev–Trinajstić information content (AvgIpc) is 2.61. The Labute approximate surface area is 153 Å². The monoisotopic (exact) mass is 374 g/mol. The number of nitrogens with zero attached hydrogens (tertiary/aromatic N) is 1. The number of aromatic nitrogens is 1. The van der Waals surface area contributed by atoms with E-state index in [1.54, 1.807) is 6.07 Å². The molecule has 0 atom stereocenters. The molecule has 2 aromatic carbocycles. The number of alkyl halides is 3. The van der Waals surface area contributed by atoms with Crippen LogP contribution in [0.3, 0.4) is 0 Å². The number of anilines is 1. The van der Waals surface area contributed by atoms with E-state index in [1.165, 1.54) is 36.4 Å². The highest BCUT2D eigenvalue weighted by Gasteiger charge is 2.33. The first-order valence-corrected chi connectivity index (χ1v) is 8.34. The second kappa shape index (κ2) is 6.90. The van der Waals surface area contributed by atoms with Crippen molar-refractivity contribution in [1.29, 1.82) is 0 Å². The summed E-state index contributed by atoms with van der Waals surface area (Å²) < 4.78 is 41.2. The summed E-state index contributed by atoms with van der Waals surface area (Å²) in [4.78, 5) is 24.8. The number of carbonyl (C=O) groups excluding carboxylic acids is 1. The number of para-hydroxylation sites is 1. The van der Waals surface area contributed by atoms with Crippen LogP contribution in [0.15, 0.2) is 53.3 Å². The van der Waals surface area contributed by atoms with Gasteiger partial charge in [0.2, 0.25) is 0 Å². The van der Waals surface area contributed by atoms with Gasteiger partial charge in [-0.2, -0.15) is 13.2 Å². The molecule has 0 fully saturated rings. The molecule has 1 amide bonds. The van der Waals surface area contributed by atoms with Crippen LogP contribution < -0.4 is 10.7 Å². The van der Waals surface area contributed by atoms with Crippen molar-refractivity contribution in [2.24, 2.45) is 0 Å². The van der Waals surface area contributed by atoms with E-state index in [4.69, 9.17) is 0 Å². The van der Waals surface area contributed by atoms with Gasteiger partial charge in [-0.05, 0) is 44.2 Å². The molecule has 4 nitrogen and oxygen atoms in total. The van der Waals surface area contributed by atoms with Crippen LogP contribution in [0.25, 0.3) is 10.9 Å². The topological polar surface area (TPSA) is 51.1 Å². The fourth-order valence-electron chi connectivity index (χ4n) is 3.10. The first kappa shape index (κ1) is 18.7. The van der Waals surface area contributed by atoms with Crippen molar-refractivity contribution >= 4 is 22.5 Å². The van der Waals surface area contributed by atoms with E-state index in [1.807, 2.05) is 18.4 Å². The van der Waals surface area contributed by atoms with Crippen molar-refractivity contribution in [3.05, 3.63) is 75.6 Å². The molecule has 0 aliphatic carbocycles. The van der Waals surface area contributed by atoms with Crippen molar-refractivity contribution < 1.29 is 18.0 Å². The summed E-state index contributed by atoms with van der Waals surface area (Å²) in [6.45, 7) is 4.40. The predicted octanol–water partition coefficient (Wildman–Crippen LogP) is 4.60. The van der Waals surface area contributed by atoms with Gasteiger partial charge in [-0.25, -0.2) is 0 Å². The lowest BCUT2D eigenvalue weighted by Crippen LogP contribution is -2.17. The largest absolute Gasteiger partial charge is 0.418 e. The van der Waals surface area contributed by atoms with Gasteiger partial charge in [0, 0.05) is 29.3 Å². The summed E-state index contributed by atoms with van der Waals surface area (Å²) in [6, 6.07) is 10.8. The van der Waals surface area contributed by atoms with E-state index in [-0.39, 0.29) is 16.7 Å². The first-order valence-electron chi connectivity index (χ1n) is 8.34. The van der Waals surface area contributed by atoms with E-state index in [2.05, 4.69) is 5.32 Å². The van der Waals surface area contributed by atoms with Crippen LogP contribution in [0, 0.1) is 6.92 Å². The standard InChI is InChI=1S/C20H17F3N2O2/c1-3-25-12(2)10-18(26)14-11-13(8-9-17(14)25)19(27)24-16-7-5-4-6-15(16)20(21,22)23/h4-11H,3H2,1-2H3,(H,24,27). The number of fused-ring (bicyclic) bond motifs is 1. The molecule has 3 rings (SSSR count). The third kappa shape index (κ3) is 3.58. The molecular formula is C20H17F3N2O2. The summed E-state index contributed by atoms with van der Waals surface area (Å²) in [5, 5.41) is 2.64. The Morgan fingerprint density at radius 1 is 1.11 bits per heavy atom. The van der Waals surface area contributed by atoms with Crippen molar-refractivity contribution in [2.45, 2.75) is 26.6 Å². The number of benzene rings is 2. The zero-order chi connectivity index (χ0) is 19.8. The Bertz CT molecular complexity index is 1080. The maximum Gasteiger partial charge on any atom is 0.418 e. The molecule has 27 heavy (non-hydrogen) atoms. The maximum absolute atomic E-state index is 13.1. The summed E-state index contributed by atoms with van der Waals surface area (Å²) in [5.74, 6) is -0.711. The molecule has 3 aromatic rings. The van der Waals surface area contributed by atoms with Crippen molar-refractivity contribution in [1.82, 2.24) is 4.57 Å². The van der Waals surface area contributed by atoms with E-state index < -0.39 is 17.6 Å². The molecular weight excluding hydrogens is 357 g/mol. The van der Waals surface area contributed by atoms with Gasteiger partial charge in [-0.15, -0.1) is 0 Å². The molecule has 1 N–H and O–H groups in total. The summed E-state index contributed by atoms with van der Waals surface area (Å²) in [5.41, 5.74) is 0.0924. The van der Waals surface area contributed by atoms with E-state index in [0.29, 0.717) is 17.4 Å². The second-order valence-electron chi connectivity index (χ2n) is 6.12. The highest BCUT2D eigenvalue weighted by Crippen LogP contribution is 2.34. The van der Waals surface area contributed by atoms with Crippen LogP contribution in [0.5, 0.6) is 0 Å². The van der Waals surface area contributed by atoms with Crippen LogP contribution >= 0.6 is 0 Å². The van der Waals surface area contributed by atoms with Crippen molar-refractivity contribution in [2.75, 3.05) is 5.32 Å². The smallest absolute Gasteiger partial charge is 0.345 e. The Balaban J connectivity index is 2.02. The zero-order valence-electron chi connectivity index (χ0n) is 14.7. The molecule has 1 heterocycles. The minimum Gasteiger partial charge on any atom is -0.345 e. The van der Waals surface area contributed by atoms with Gasteiger partial charge >= 0.3 is 6.18 Å². The quantitative estimate of drug-likeness (QED) is 0.728. The summed E-state index contributed by atoms with van der Waals surface area (Å²) in [6.07, 6.45) is -4.58. The predicted molar refractivity (Wildman–Crippen MR) is 98.0 cm³/mol. The molecule has 7 heteroatoms. The van der Waals surface area contributed by atoms with Crippen LogP contribution in [0.2, 0.25) is 0 Å². The second-order valence-corrected chi connectivity index (χ2v) is 6.12. The lowest BCUT2D eigenvalue weighted by molar-refractivity contribution is -0.136. The molecule has 1 aromatic heterocycles. The summed E-state index contributed by atoms with van der Waals surface area (Å²) in [7, 11) is 0. The van der Waals surface area contributed by atoms with Crippen molar-refractivity contribution in [3.63, 3.8) is 0 Å². The Kier molecular flexibility index (Phi) is 4.78. The molecule has 0 unspecified atom stereocenters. The van der Waals surface area contributed by atoms with Gasteiger partial charge in [0.25, 0.3) is 5.91 Å². The first-order chi connectivity index (χ1) is 12.7. The normalized spacial score (nSPS) is 11.6. The van der Waals surface area contributed by atoms with Gasteiger partial charge in [0.05, 0.1) is 16.8 Å². The number of aryl methyl sites for hydroxylation is 2. The van der Waals surface area contributed by atoms with E-state index in [0.717, 1.165) is 11.8 Å². The number of nitrogens with one attached hydrogen (secondary N) is 1. The Hall–Kier alpha value is -3.09. The van der Waals surface area contributed by atoms with Crippen LogP contribution in [0.1, 0.15) is 28.5 Å². The van der Waals surface area contributed by atoms with E-state index in [9.17, 15) is 22.8 Å². The zero-order valence-corrected chi connectivity index (χ0v) is 14.7. The number of amides is 1. The van der Waals surface area contributed by atoms with Crippen LogP contribution in [-0.2, 0) is 12.7 Å². The molecule has 0 aliphatic rings. The third-order valence-corrected chi connectivity index (χ3v) is 4.38. The van der Waals surface area contributed by atoms with Gasteiger partial charge in [-0.1, -0.05) is 12.1 Å². The lowest BCUT2D eigenvalue weighted by Gasteiger charge is -2.15. The molecule has 0 aliphatic heterocycles. The fraction of sp³-hybridized carbons (Fsp3) is 0.200. The van der Waals surface area contributed by atoms with Gasteiger partial charge < -0.3 is 9.88 Å². The van der Waals surface area contributed by atoms with Gasteiger partial charge in [0.15, 0.2) is 5.43 Å². The number of pyridine rings is 1. The Morgan fingerprint density at radius 3 is 2.48 bits per heavy atom. The minimum absolute atomic E-state index is 0.114. The maximum atomic E-state index is 13.1. The highest BCUT2D eigenvalue weighted by molar-refractivity contribution is 6.06. The van der Waals surface area contributed by atoms with Gasteiger partial charge in [-0.3, -0.25) is 9.59 Å². The minimum atomic E-state index is -4.58. The van der Waals surface area contributed by atoms with Crippen molar-refractivity contribution in [3.8, 4) is 0 Å². The fourth-order valence-corrected chi connectivity index (χ4v) is 3.10. The molecule has 0 bridgehead atoms. The Morgan fingerprint density at radius 2 is 1.81 bits per heavy atom. The number of rotatable bonds is 3. The number of carbonyl (C=O) groups is 1. The molecule has 140 valence electrons. The highest BCUT2D eigenvalue weighted by atomic mass is 19.4. The molecule has 0 radical (unpaired) electrons. The van der Waals surface area contributed by atoms with Gasteiger partial charge in [0.1, 0.15) is 0 Å². The van der Waals surface area contributed by atoms with E-state index >= 15 is 0 Å². The van der Waals surface area contributed by atoms with Crippen LogP contribution in [0.4, 0.5) is 18.9 Å². The lowest BCUT2D eigenvalue weighted by atomic mass is 10.1. The third-order valence-electron chi connectivity index (χ3n) is 4.38. The number of halogens is 3. The number of hydrogen-bond acceptors (Lipinski definition) is 2. The summed E-state index contributed by atoms with van der Waals surface area (Å²) >= 11 is 0.